The van der Waals surface area contributed by atoms with Crippen LogP contribution in [-0.4, -0.2) is 22.3 Å². The van der Waals surface area contributed by atoms with Crippen LogP contribution in [0.1, 0.15) is 31.2 Å². The standard InChI is InChI=1S/C11H19NO2S/c1-4-15(13)8-6-12-10(3)11-9(2)5-7-14-11/h5,7,10,12H,4,6,8H2,1-3H3. The molecule has 1 aromatic rings. The fourth-order valence-electron chi connectivity index (χ4n) is 1.45. The normalized spacial score (nSPS) is 15.1. The Bertz CT molecular complexity index is 322. The van der Waals surface area contributed by atoms with Gasteiger partial charge in [0.25, 0.3) is 0 Å². The molecule has 0 bridgehead atoms. The third-order valence-electron chi connectivity index (χ3n) is 2.40. The first kappa shape index (κ1) is 12.5. The van der Waals surface area contributed by atoms with E-state index in [0.29, 0.717) is 5.75 Å². The lowest BCUT2D eigenvalue weighted by molar-refractivity contribution is 0.435. The van der Waals surface area contributed by atoms with Crippen molar-refractivity contribution in [2.24, 2.45) is 0 Å². The summed E-state index contributed by atoms with van der Waals surface area (Å²) < 4.78 is 16.6. The molecule has 15 heavy (non-hydrogen) atoms. The Labute approximate surface area is 93.7 Å². The van der Waals surface area contributed by atoms with Crippen LogP contribution in [0.2, 0.25) is 0 Å². The summed E-state index contributed by atoms with van der Waals surface area (Å²) in [6.07, 6.45) is 1.70. The zero-order valence-electron chi connectivity index (χ0n) is 9.58. The summed E-state index contributed by atoms with van der Waals surface area (Å²) >= 11 is 0. The van der Waals surface area contributed by atoms with E-state index in [4.69, 9.17) is 4.42 Å². The molecule has 2 unspecified atom stereocenters. The zero-order valence-corrected chi connectivity index (χ0v) is 10.4. The molecule has 0 amide bonds. The second-order valence-corrected chi connectivity index (χ2v) is 5.44. The van der Waals surface area contributed by atoms with E-state index >= 15 is 0 Å². The number of rotatable bonds is 6. The van der Waals surface area contributed by atoms with Gasteiger partial charge in [-0.1, -0.05) is 6.92 Å². The third kappa shape index (κ3) is 3.80. The summed E-state index contributed by atoms with van der Waals surface area (Å²) in [6, 6.07) is 2.14. The van der Waals surface area contributed by atoms with Gasteiger partial charge in [0.15, 0.2) is 0 Å². The lowest BCUT2D eigenvalue weighted by Crippen LogP contribution is -2.24. The Kier molecular flexibility index (Phi) is 5.05. The highest BCUT2D eigenvalue weighted by Crippen LogP contribution is 2.17. The lowest BCUT2D eigenvalue weighted by Gasteiger charge is -2.11. The first-order valence-electron chi connectivity index (χ1n) is 5.27. The minimum Gasteiger partial charge on any atom is -0.467 e. The Hall–Kier alpha value is -0.610. The molecule has 1 aromatic heterocycles. The Morgan fingerprint density at radius 2 is 2.33 bits per heavy atom. The van der Waals surface area contributed by atoms with Gasteiger partial charge in [-0.3, -0.25) is 4.21 Å². The van der Waals surface area contributed by atoms with E-state index < -0.39 is 10.8 Å². The maximum Gasteiger partial charge on any atom is 0.123 e. The van der Waals surface area contributed by atoms with Crippen molar-refractivity contribution in [3.05, 3.63) is 23.7 Å². The van der Waals surface area contributed by atoms with Crippen LogP contribution >= 0.6 is 0 Å². The van der Waals surface area contributed by atoms with E-state index in [2.05, 4.69) is 12.2 Å². The van der Waals surface area contributed by atoms with Gasteiger partial charge in [0.1, 0.15) is 5.76 Å². The van der Waals surface area contributed by atoms with E-state index in [1.807, 2.05) is 19.9 Å². The summed E-state index contributed by atoms with van der Waals surface area (Å²) in [7, 11) is -0.689. The predicted molar refractivity (Wildman–Crippen MR) is 63.4 cm³/mol. The number of aryl methyl sites for hydroxylation is 1. The maximum atomic E-state index is 11.2. The van der Waals surface area contributed by atoms with Gasteiger partial charge in [-0.05, 0) is 25.5 Å². The lowest BCUT2D eigenvalue weighted by atomic mass is 10.2. The Morgan fingerprint density at radius 1 is 1.60 bits per heavy atom. The Balaban J connectivity index is 2.34. The van der Waals surface area contributed by atoms with E-state index in [0.717, 1.165) is 23.6 Å². The SMILES string of the molecule is CCS(=O)CCNC(C)c1occc1C. The number of hydrogen-bond acceptors (Lipinski definition) is 3. The fraction of sp³-hybridized carbons (Fsp3) is 0.636. The van der Waals surface area contributed by atoms with Gasteiger partial charge in [0.05, 0.1) is 12.3 Å². The molecule has 0 saturated carbocycles. The van der Waals surface area contributed by atoms with Gasteiger partial charge in [0.2, 0.25) is 0 Å². The predicted octanol–water partition coefficient (Wildman–Crippen LogP) is 2.01. The molecular weight excluding hydrogens is 210 g/mol. The largest absolute Gasteiger partial charge is 0.467 e. The molecule has 4 heteroatoms. The average molecular weight is 229 g/mol. The van der Waals surface area contributed by atoms with Crippen molar-refractivity contribution in [1.29, 1.82) is 0 Å². The van der Waals surface area contributed by atoms with Gasteiger partial charge in [-0.15, -0.1) is 0 Å². The highest BCUT2D eigenvalue weighted by molar-refractivity contribution is 7.84. The monoisotopic (exact) mass is 229 g/mol. The second kappa shape index (κ2) is 6.08. The molecule has 0 spiro atoms. The molecule has 0 radical (unpaired) electrons. The van der Waals surface area contributed by atoms with E-state index in [1.54, 1.807) is 6.26 Å². The van der Waals surface area contributed by atoms with Crippen LogP contribution in [0.5, 0.6) is 0 Å². The molecule has 2 atom stereocenters. The van der Waals surface area contributed by atoms with Crippen molar-refractivity contribution in [2.45, 2.75) is 26.8 Å². The van der Waals surface area contributed by atoms with Crippen LogP contribution in [0.3, 0.4) is 0 Å². The fourth-order valence-corrected chi connectivity index (χ4v) is 2.09. The zero-order chi connectivity index (χ0) is 11.3. The molecule has 0 aliphatic heterocycles. The number of hydrogen-bond donors (Lipinski definition) is 1. The molecule has 3 nitrogen and oxygen atoms in total. The minimum atomic E-state index is -0.689. The van der Waals surface area contributed by atoms with Crippen molar-refractivity contribution in [3.63, 3.8) is 0 Å². The average Bonchev–Trinajstić information content (AvgIpc) is 2.64. The molecule has 86 valence electrons. The summed E-state index contributed by atoms with van der Waals surface area (Å²) in [4.78, 5) is 0. The first-order chi connectivity index (χ1) is 7.15. The van der Waals surface area contributed by atoms with Gasteiger partial charge >= 0.3 is 0 Å². The van der Waals surface area contributed by atoms with Crippen LogP contribution in [0, 0.1) is 6.92 Å². The summed E-state index contributed by atoms with van der Waals surface area (Å²) in [5, 5.41) is 3.30. The van der Waals surface area contributed by atoms with Gasteiger partial charge in [0, 0.05) is 28.9 Å². The minimum absolute atomic E-state index is 0.189. The molecule has 0 aromatic carbocycles. The molecular formula is C11H19NO2S. The molecule has 0 fully saturated rings. The van der Waals surface area contributed by atoms with E-state index in [-0.39, 0.29) is 6.04 Å². The molecule has 1 N–H and O–H groups in total. The second-order valence-electron chi connectivity index (χ2n) is 3.58. The summed E-state index contributed by atoms with van der Waals surface area (Å²) in [5.74, 6) is 2.41. The number of nitrogens with one attached hydrogen (secondary N) is 1. The van der Waals surface area contributed by atoms with Crippen molar-refractivity contribution in [2.75, 3.05) is 18.1 Å². The summed E-state index contributed by atoms with van der Waals surface area (Å²) in [6.45, 7) is 6.79. The van der Waals surface area contributed by atoms with Crippen LogP contribution in [0.4, 0.5) is 0 Å². The highest BCUT2D eigenvalue weighted by atomic mass is 32.2. The first-order valence-corrected chi connectivity index (χ1v) is 6.76. The van der Waals surface area contributed by atoms with E-state index in [1.165, 1.54) is 0 Å². The molecule has 1 rings (SSSR count). The highest BCUT2D eigenvalue weighted by Gasteiger charge is 2.10. The van der Waals surface area contributed by atoms with Crippen LogP contribution in [0.15, 0.2) is 16.7 Å². The number of furan rings is 1. The van der Waals surface area contributed by atoms with Crippen molar-refractivity contribution < 1.29 is 8.63 Å². The summed E-state index contributed by atoms with van der Waals surface area (Å²) in [5.41, 5.74) is 1.16. The van der Waals surface area contributed by atoms with Gasteiger partial charge < -0.3 is 9.73 Å². The topological polar surface area (TPSA) is 42.2 Å². The quantitative estimate of drug-likeness (QED) is 0.811. The maximum absolute atomic E-state index is 11.2. The molecule has 0 saturated heterocycles. The molecule has 1 heterocycles. The van der Waals surface area contributed by atoms with Crippen LogP contribution in [-0.2, 0) is 10.8 Å². The van der Waals surface area contributed by atoms with Crippen LogP contribution in [0.25, 0.3) is 0 Å². The Morgan fingerprint density at radius 3 is 2.87 bits per heavy atom. The van der Waals surface area contributed by atoms with Gasteiger partial charge in [-0.25, -0.2) is 0 Å². The smallest absolute Gasteiger partial charge is 0.123 e. The molecule has 0 aliphatic carbocycles. The van der Waals surface area contributed by atoms with Crippen LogP contribution < -0.4 is 5.32 Å². The van der Waals surface area contributed by atoms with Crippen molar-refractivity contribution in [1.82, 2.24) is 5.32 Å². The van der Waals surface area contributed by atoms with Crippen molar-refractivity contribution >= 4 is 10.8 Å². The van der Waals surface area contributed by atoms with Gasteiger partial charge in [-0.2, -0.15) is 0 Å². The van der Waals surface area contributed by atoms with E-state index in [9.17, 15) is 4.21 Å². The molecule has 0 aliphatic rings. The third-order valence-corrected chi connectivity index (χ3v) is 3.70. The van der Waals surface area contributed by atoms with Crippen molar-refractivity contribution in [3.8, 4) is 0 Å².